The van der Waals surface area contributed by atoms with Gasteiger partial charge in [-0.3, -0.25) is 0 Å². The molecule has 1 atom stereocenters. The van der Waals surface area contributed by atoms with Crippen LogP contribution in [0.4, 0.5) is 4.39 Å². The zero-order valence-electron chi connectivity index (χ0n) is 10.8. The van der Waals surface area contributed by atoms with Crippen molar-refractivity contribution in [2.45, 2.75) is 44.8 Å². The molecule has 0 amide bonds. The third-order valence-electron chi connectivity index (χ3n) is 4.44. The van der Waals surface area contributed by atoms with Gasteiger partial charge in [0.25, 0.3) is 0 Å². The molecule has 98 valence electrons. The van der Waals surface area contributed by atoms with Crippen molar-refractivity contribution in [2.75, 3.05) is 0 Å². The summed E-state index contributed by atoms with van der Waals surface area (Å²) < 4.78 is 19.2. The first kappa shape index (κ1) is 12.0. The summed E-state index contributed by atoms with van der Waals surface area (Å²) in [6.45, 7) is 4.43. The van der Waals surface area contributed by atoms with Gasteiger partial charge in [0, 0.05) is 18.1 Å². The van der Waals surface area contributed by atoms with Gasteiger partial charge in [0.2, 0.25) is 0 Å². The number of benzene rings is 1. The lowest BCUT2D eigenvalue weighted by Gasteiger charge is -2.52. The average Bonchev–Trinajstić information content (AvgIpc) is 2.24. The molecule has 1 fully saturated rings. The van der Waals surface area contributed by atoms with Gasteiger partial charge in [-0.2, -0.15) is 0 Å². The van der Waals surface area contributed by atoms with Crippen LogP contribution < -0.4 is 4.74 Å². The van der Waals surface area contributed by atoms with Crippen LogP contribution in [-0.4, -0.2) is 10.7 Å². The van der Waals surface area contributed by atoms with E-state index in [9.17, 15) is 9.50 Å². The highest BCUT2D eigenvalue weighted by Gasteiger charge is 2.51. The van der Waals surface area contributed by atoms with Crippen molar-refractivity contribution in [1.82, 2.24) is 0 Å². The lowest BCUT2D eigenvalue weighted by Crippen LogP contribution is -2.53. The van der Waals surface area contributed by atoms with E-state index in [4.69, 9.17) is 4.74 Å². The molecule has 1 N–H and O–H groups in total. The summed E-state index contributed by atoms with van der Waals surface area (Å²) in [6, 6.07) is 4.39. The number of fused-ring (bicyclic) bond motifs is 1. The second-order valence-corrected chi connectivity index (χ2v) is 6.10. The largest absolute Gasteiger partial charge is 0.487 e. The Morgan fingerprint density at radius 3 is 2.72 bits per heavy atom. The van der Waals surface area contributed by atoms with Crippen LogP contribution in [-0.2, 0) is 0 Å². The minimum absolute atomic E-state index is 0.255. The number of aliphatic hydroxyl groups excluding tert-OH is 1. The van der Waals surface area contributed by atoms with Crippen molar-refractivity contribution < 1.29 is 14.2 Å². The molecule has 3 heteroatoms. The normalized spacial score (nSPS) is 34.1. The van der Waals surface area contributed by atoms with Crippen LogP contribution >= 0.6 is 0 Å². The monoisotopic (exact) mass is 250 g/mol. The highest BCUT2D eigenvalue weighted by Crippen LogP contribution is 2.53. The quantitative estimate of drug-likeness (QED) is 0.827. The standard InChI is InChI=1S/C15H19FO2/c1-9(2)10-6-15(7-10)8-13(17)12-4-3-11(16)5-14(12)18-15/h3-5,9-10,13,17H,6-8H2,1-2H3/t10?,13-,15?/m0/s1. The van der Waals surface area contributed by atoms with E-state index in [0.29, 0.717) is 24.0 Å². The number of hydrogen-bond acceptors (Lipinski definition) is 2. The topological polar surface area (TPSA) is 29.5 Å². The molecule has 1 saturated carbocycles. The zero-order valence-corrected chi connectivity index (χ0v) is 10.8. The van der Waals surface area contributed by atoms with Crippen LogP contribution in [0.1, 0.15) is 44.8 Å². The van der Waals surface area contributed by atoms with E-state index in [1.165, 1.54) is 12.1 Å². The van der Waals surface area contributed by atoms with Crippen molar-refractivity contribution in [3.05, 3.63) is 29.6 Å². The molecule has 0 saturated heterocycles. The van der Waals surface area contributed by atoms with Crippen LogP contribution in [0, 0.1) is 17.7 Å². The van der Waals surface area contributed by atoms with Crippen LogP contribution in [0.25, 0.3) is 0 Å². The first-order valence-corrected chi connectivity index (χ1v) is 6.66. The Bertz CT molecular complexity index is 464. The van der Waals surface area contributed by atoms with E-state index < -0.39 is 6.10 Å². The molecule has 1 aliphatic heterocycles. The van der Waals surface area contributed by atoms with Gasteiger partial charge in [-0.15, -0.1) is 0 Å². The number of rotatable bonds is 1. The predicted molar refractivity (Wildman–Crippen MR) is 66.9 cm³/mol. The summed E-state index contributed by atoms with van der Waals surface area (Å²) in [5, 5.41) is 10.2. The van der Waals surface area contributed by atoms with E-state index in [-0.39, 0.29) is 11.4 Å². The molecule has 0 bridgehead atoms. The Hall–Kier alpha value is -1.09. The molecule has 2 nitrogen and oxygen atoms in total. The van der Waals surface area contributed by atoms with Crippen LogP contribution in [0.15, 0.2) is 18.2 Å². The van der Waals surface area contributed by atoms with Gasteiger partial charge >= 0.3 is 0 Å². The van der Waals surface area contributed by atoms with Crippen LogP contribution in [0.2, 0.25) is 0 Å². The molecule has 18 heavy (non-hydrogen) atoms. The fourth-order valence-electron chi connectivity index (χ4n) is 3.23. The minimum Gasteiger partial charge on any atom is -0.487 e. The molecule has 1 spiro atoms. The van der Waals surface area contributed by atoms with Crippen molar-refractivity contribution in [1.29, 1.82) is 0 Å². The molecule has 2 aliphatic rings. The molecule has 0 radical (unpaired) electrons. The van der Waals surface area contributed by atoms with Gasteiger partial charge < -0.3 is 9.84 Å². The Labute approximate surface area is 107 Å². The van der Waals surface area contributed by atoms with Gasteiger partial charge in [0.05, 0.1) is 6.10 Å². The number of halogens is 1. The van der Waals surface area contributed by atoms with Crippen LogP contribution in [0.5, 0.6) is 5.75 Å². The van der Waals surface area contributed by atoms with Gasteiger partial charge in [-0.25, -0.2) is 4.39 Å². The molecule has 1 aliphatic carbocycles. The average molecular weight is 250 g/mol. The maximum absolute atomic E-state index is 13.2. The second-order valence-electron chi connectivity index (χ2n) is 6.10. The molecule has 0 unspecified atom stereocenters. The van der Waals surface area contributed by atoms with Crippen molar-refractivity contribution >= 4 is 0 Å². The smallest absolute Gasteiger partial charge is 0.128 e. The molecule has 3 rings (SSSR count). The maximum atomic E-state index is 13.2. The molecule has 1 heterocycles. The Morgan fingerprint density at radius 1 is 1.33 bits per heavy atom. The summed E-state index contributed by atoms with van der Waals surface area (Å²) in [6.07, 6.45) is 2.05. The summed E-state index contributed by atoms with van der Waals surface area (Å²) in [5.74, 6) is 1.52. The Morgan fingerprint density at radius 2 is 2.06 bits per heavy atom. The first-order chi connectivity index (χ1) is 8.49. The first-order valence-electron chi connectivity index (χ1n) is 6.66. The number of hydrogen-bond donors (Lipinski definition) is 1. The highest BCUT2D eigenvalue weighted by atomic mass is 19.1. The molecule has 1 aromatic rings. The van der Waals surface area contributed by atoms with E-state index >= 15 is 0 Å². The Kier molecular flexibility index (Phi) is 2.63. The molecule has 1 aromatic carbocycles. The van der Waals surface area contributed by atoms with E-state index in [2.05, 4.69) is 13.8 Å². The molecular formula is C15H19FO2. The van der Waals surface area contributed by atoms with Gasteiger partial charge in [0.1, 0.15) is 17.2 Å². The summed E-state index contributed by atoms with van der Waals surface area (Å²) in [5.41, 5.74) is 0.463. The maximum Gasteiger partial charge on any atom is 0.128 e. The zero-order chi connectivity index (χ0) is 12.9. The van der Waals surface area contributed by atoms with Gasteiger partial charge in [-0.1, -0.05) is 13.8 Å². The predicted octanol–water partition coefficient (Wildman–Crippen LogP) is 3.45. The third kappa shape index (κ3) is 1.81. The van der Waals surface area contributed by atoms with Gasteiger partial charge in [-0.05, 0) is 36.8 Å². The lowest BCUT2D eigenvalue weighted by molar-refractivity contribution is -0.108. The van der Waals surface area contributed by atoms with Crippen molar-refractivity contribution in [3.63, 3.8) is 0 Å². The summed E-state index contributed by atoms with van der Waals surface area (Å²) in [7, 11) is 0. The van der Waals surface area contributed by atoms with E-state index in [0.717, 1.165) is 18.4 Å². The van der Waals surface area contributed by atoms with Crippen LogP contribution in [0.3, 0.4) is 0 Å². The summed E-state index contributed by atoms with van der Waals surface area (Å²) >= 11 is 0. The lowest BCUT2D eigenvalue weighted by atomic mass is 9.63. The number of aliphatic hydroxyl groups is 1. The minimum atomic E-state index is -0.525. The van der Waals surface area contributed by atoms with Crippen molar-refractivity contribution in [3.8, 4) is 5.75 Å². The summed E-state index contributed by atoms with van der Waals surface area (Å²) in [4.78, 5) is 0. The van der Waals surface area contributed by atoms with E-state index in [1.54, 1.807) is 6.07 Å². The molecular weight excluding hydrogens is 231 g/mol. The fraction of sp³-hybridized carbons (Fsp3) is 0.600. The fourth-order valence-corrected chi connectivity index (χ4v) is 3.23. The SMILES string of the molecule is CC(C)C1CC2(C1)C[C@H](O)c1ccc(F)cc1O2. The molecule has 0 aromatic heterocycles. The number of ether oxygens (including phenoxy) is 1. The van der Waals surface area contributed by atoms with E-state index in [1.807, 2.05) is 0 Å². The Balaban J connectivity index is 1.84. The van der Waals surface area contributed by atoms with Gasteiger partial charge in [0.15, 0.2) is 0 Å². The highest BCUT2D eigenvalue weighted by molar-refractivity contribution is 5.39. The van der Waals surface area contributed by atoms with Crippen molar-refractivity contribution in [2.24, 2.45) is 11.8 Å². The second kappa shape index (κ2) is 3.95. The third-order valence-corrected chi connectivity index (χ3v) is 4.44.